The molecule has 2 aliphatic rings. The molecule has 1 aromatic heterocycles. The Kier molecular flexibility index (Phi) is 8.01. The molecule has 11 heteroatoms. The smallest absolute Gasteiger partial charge is 0.444 e. The Morgan fingerprint density at radius 1 is 1.17 bits per heavy atom. The first-order valence-electron chi connectivity index (χ1n) is 12.4. The van der Waals surface area contributed by atoms with Crippen LogP contribution in [0.5, 0.6) is 0 Å². The van der Waals surface area contributed by atoms with Crippen LogP contribution in [0.15, 0.2) is 12.4 Å². The number of hydrogen-bond acceptors (Lipinski definition) is 8. The van der Waals surface area contributed by atoms with Gasteiger partial charge in [-0.1, -0.05) is 0 Å². The molecule has 35 heavy (non-hydrogen) atoms. The molecule has 0 unspecified atom stereocenters. The van der Waals surface area contributed by atoms with Gasteiger partial charge in [0.15, 0.2) is 0 Å². The topological polar surface area (TPSA) is 115 Å². The zero-order valence-electron chi connectivity index (χ0n) is 22.3. The minimum atomic E-state index is -0.680. The van der Waals surface area contributed by atoms with Crippen molar-refractivity contribution in [2.45, 2.75) is 104 Å². The highest BCUT2D eigenvalue weighted by atomic mass is 16.7. The number of nitrogens with one attached hydrogen (secondary N) is 2. The normalized spacial score (nSPS) is 22.5. The van der Waals surface area contributed by atoms with E-state index in [1.807, 2.05) is 32.6 Å². The van der Waals surface area contributed by atoms with Gasteiger partial charge in [0, 0.05) is 37.0 Å². The molecule has 2 amide bonds. The quantitative estimate of drug-likeness (QED) is 0.586. The molecule has 3 rings (SSSR count). The first kappa shape index (κ1) is 27.2. The summed E-state index contributed by atoms with van der Waals surface area (Å²) in [5.74, 6) is 0.350. The van der Waals surface area contributed by atoms with Crippen LogP contribution in [0, 0.1) is 0 Å². The van der Waals surface area contributed by atoms with Crippen molar-refractivity contribution in [3.05, 3.63) is 12.4 Å². The number of aromatic nitrogens is 2. The van der Waals surface area contributed by atoms with Gasteiger partial charge in [-0.05, 0) is 74.7 Å². The highest BCUT2D eigenvalue weighted by molar-refractivity contribution is 6.61. The molecule has 2 saturated heterocycles. The lowest BCUT2D eigenvalue weighted by atomic mass is 9.81. The number of amides is 2. The molecule has 2 fully saturated rings. The lowest BCUT2D eigenvalue weighted by Gasteiger charge is -2.37. The summed E-state index contributed by atoms with van der Waals surface area (Å²) in [6.45, 7) is 16.2. The summed E-state index contributed by atoms with van der Waals surface area (Å²) in [6, 6.07) is -0.702. The molecule has 1 aromatic rings. The molecule has 2 N–H and O–H groups in total. The number of anilines is 1. The van der Waals surface area contributed by atoms with Gasteiger partial charge >= 0.3 is 13.2 Å². The Labute approximate surface area is 209 Å². The summed E-state index contributed by atoms with van der Waals surface area (Å²) in [7, 11) is -0.514. The second kappa shape index (κ2) is 10.3. The van der Waals surface area contributed by atoms with Gasteiger partial charge in [-0.3, -0.25) is 4.79 Å². The van der Waals surface area contributed by atoms with Crippen LogP contribution < -0.4 is 16.1 Å². The molecule has 0 radical (unpaired) electrons. The van der Waals surface area contributed by atoms with Crippen LogP contribution in [0.2, 0.25) is 0 Å². The maximum Gasteiger partial charge on any atom is 0.498 e. The van der Waals surface area contributed by atoms with E-state index in [-0.39, 0.29) is 11.9 Å². The third kappa shape index (κ3) is 6.85. The van der Waals surface area contributed by atoms with Crippen molar-refractivity contribution in [3.63, 3.8) is 0 Å². The number of ether oxygens (including phenoxy) is 1. The number of rotatable bonds is 6. The fraction of sp³-hybridized carbons (Fsp3) is 0.750. The molecule has 2 atom stereocenters. The van der Waals surface area contributed by atoms with E-state index in [1.54, 1.807) is 40.1 Å². The van der Waals surface area contributed by atoms with Gasteiger partial charge in [-0.25, -0.2) is 14.8 Å². The van der Waals surface area contributed by atoms with Crippen LogP contribution in [-0.4, -0.2) is 76.0 Å². The molecule has 194 valence electrons. The van der Waals surface area contributed by atoms with Gasteiger partial charge < -0.3 is 29.6 Å². The lowest BCUT2D eigenvalue weighted by Crippen LogP contribution is -2.54. The molecule has 2 aliphatic heterocycles. The number of hydrogen-bond donors (Lipinski definition) is 2. The highest BCUT2D eigenvalue weighted by Crippen LogP contribution is 2.36. The van der Waals surface area contributed by atoms with E-state index in [0.717, 1.165) is 24.7 Å². The van der Waals surface area contributed by atoms with E-state index in [2.05, 4.69) is 20.6 Å². The van der Waals surface area contributed by atoms with Gasteiger partial charge in [0.1, 0.15) is 11.6 Å². The summed E-state index contributed by atoms with van der Waals surface area (Å²) in [5, 5.41) is 5.90. The SMILES string of the molecule is C[C@@H](NC(=O)OC(C)(C)C)C(=O)N1CCCC[C@H]1CNc1ncc(B2OC(C)(C)C(C)(C)O2)cn1. The number of alkyl carbamates (subject to hydrolysis) is 1. The maximum absolute atomic E-state index is 13.1. The molecule has 10 nitrogen and oxygen atoms in total. The molecule has 3 heterocycles. The Morgan fingerprint density at radius 3 is 2.34 bits per heavy atom. The van der Waals surface area contributed by atoms with Crippen molar-refractivity contribution in [1.29, 1.82) is 0 Å². The summed E-state index contributed by atoms with van der Waals surface area (Å²) in [4.78, 5) is 35.9. The summed E-state index contributed by atoms with van der Waals surface area (Å²) in [5.41, 5.74) is -0.726. The van der Waals surface area contributed by atoms with Gasteiger partial charge in [0.05, 0.1) is 11.2 Å². The first-order chi connectivity index (χ1) is 16.2. The second-order valence-corrected chi connectivity index (χ2v) is 11.4. The van der Waals surface area contributed by atoms with Crippen molar-refractivity contribution >= 4 is 30.5 Å². The average Bonchev–Trinajstić information content (AvgIpc) is 2.97. The minimum Gasteiger partial charge on any atom is -0.444 e. The molecular weight excluding hydrogens is 449 g/mol. The lowest BCUT2D eigenvalue weighted by molar-refractivity contribution is -0.136. The van der Waals surface area contributed by atoms with Crippen LogP contribution in [0.1, 0.15) is 74.7 Å². The summed E-state index contributed by atoms with van der Waals surface area (Å²) >= 11 is 0. The standard InChI is InChI=1S/C24H40BN5O5/c1-16(29-21(32)33-22(2,3)4)19(31)30-12-10-9-11-18(30)15-28-20-26-13-17(14-27-20)25-34-23(5,6)24(7,8)35-25/h13-14,16,18H,9-12,15H2,1-8H3,(H,29,32)(H,26,27,28)/t16-,18+/m1/s1. The third-order valence-corrected chi connectivity index (χ3v) is 6.71. The highest BCUT2D eigenvalue weighted by Gasteiger charge is 2.52. The fourth-order valence-corrected chi connectivity index (χ4v) is 4.04. The third-order valence-electron chi connectivity index (χ3n) is 6.71. The molecule has 0 saturated carbocycles. The minimum absolute atomic E-state index is 0.0227. The van der Waals surface area contributed by atoms with Crippen molar-refractivity contribution < 1.29 is 23.6 Å². The Bertz CT molecular complexity index is 887. The van der Waals surface area contributed by atoms with Crippen molar-refractivity contribution in [1.82, 2.24) is 20.2 Å². The molecule has 0 aromatic carbocycles. The van der Waals surface area contributed by atoms with Crippen LogP contribution in [0.3, 0.4) is 0 Å². The van der Waals surface area contributed by atoms with E-state index < -0.39 is 36.1 Å². The number of nitrogens with zero attached hydrogens (tertiary/aromatic N) is 3. The van der Waals surface area contributed by atoms with E-state index >= 15 is 0 Å². The zero-order chi connectivity index (χ0) is 26.0. The first-order valence-corrected chi connectivity index (χ1v) is 12.4. The van der Waals surface area contributed by atoms with E-state index in [9.17, 15) is 9.59 Å². The molecular formula is C24H40BN5O5. The predicted molar refractivity (Wildman–Crippen MR) is 134 cm³/mol. The number of likely N-dealkylation sites (tertiary alicyclic amines) is 1. The number of carbonyl (C=O) groups is 2. The fourth-order valence-electron chi connectivity index (χ4n) is 4.04. The van der Waals surface area contributed by atoms with Crippen LogP contribution in [-0.2, 0) is 18.8 Å². The summed E-state index contributed by atoms with van der Waals surface area (Å²) in [6.07, 6.45) is 5.64. The van der Waals surface area contributed by atoms with Crippen LogP contribution in [0.4, 0.5) is 10.7 Å². The maximum atomic E-state index is 13.1. The Morgan fingerprint density at radius 2 is 1.77 bits per heavy atom. The predicted octanol–water partition coefficient (Wildman–Crippen LogP) is 2.48. The average molecular weight is 489 g/mol. The van der Waals surface area contributed by atoms with Gasteiger partial charge in [-0.2, -0.15) is 0 Å². The van der Waals surface area contributed by atoms with Crippen LogP contribution >= 0.6 is 0 Å². The second-order valence-electron chi connectivity index (χ2n) is 11.4. The Hall–Kier alpha value is -2.40. The molecule has 0 aliphatic carbocycles. The molecule has 0 spiro atoms. The summed E-state index contributed by atoms with van der Waals surface area (Å²) < 4.78 is 17.4. The van der Waals surface area contributed by atoms with Crippen LogP contribution in [0.25, 0.3) is 0 Å². The van der Waals surface area contributed by atoms with Gasteiger partial charge in [-0.15, -0.1) is 0 Å². The van der Waals surface area contributed by atoms with E-state index in [1.165, 1.54) is 0 Å². The van der Waals surface area contributed by atoms with Crippen molar-refractivity contribution in [2.24, 2.45) is 0 Å². The zero-order valence-corrected chi connectivity index (χ0v) is 22.3. The Balaban J connectivity index is 1.56. The van der Waals surface area contributed by atoms with Crippen molar-refractivity contribution in [2.75, 3.05) is 18.4 Å². The van der Waals surface area contributed by atoms with Gasteiger partial charge in [0.2, 0.25) is 11.9 Å². The van der Waals surface area contributed by atoms with Gasteiger partial charge in [0.25, 0.3) is 0 Å². The van der Waals surface area contributed by atoms with E-state index in [0.29, 0.717) is 19.0 Å². The van der Waals surface area contributed by atoms with Crippen molar-refractivity contribution in [3.8, 4) is 0 Å². The monoisotopic (exact) mass is 489 g/mol. The van der Waals surface area contributed by atoms with E-state index in [4.69, 9.17) is 14.0 Å². The number of piperidine rings is 1. The molecule has 0 bridgehead atoms. The largest absolute Gasteiger partial charge is 0.498 e. The number of carbonyl (C=O) groups excluding carboxylic acids is 2.